The van der Waals surface area contributed by atoms with Gasteiger partial charge in [0.05, 0.1) is 0 Å². The summed E-state index contributed by atoms with van der Waals surface area (Å²) in [4.78, 5) is 2.53. The molecule has 1 aromatic carbocycles. The Kier molecular flexibility index (Phi) is 4.00. The fourth-order valence-electron chi connectivity index (χ4n) is 2.70. The molecule has 2 aliphatic rings. The van der Waals surface area contributed by atoms with Crippen molar-refractivity contribution < 1.29 is 0 Å². The van der Waals surface area contributed by atoms with Gasteiger partial charge in [0.25, 0.3) is 0 Å². The monoisotopic (exact) mass is 256 g/mol. The topological polar surface area (TPSA) is 15.3 Å². The highest BCUT2D eigenvalue weighted by atomic mass is 15.1. The molecule has 0 unspecified atom stereocenters. The number of hydrogen-bond acceptors (Lipinski definition) is 2. The summed E-state index contributed by atoms with van der Waals surface area (Å²) in [5, 5.41) is 3.56. The smallest absolute Gasteiger partial charge is 0.0237 e. The zero-order valence-corrected chi connectivity index (χ0v) is 11.9. The molecule has 1 N–H and O–H groups in total. The molecule has 1 aliphatic carbocycles. The third-order valence-electron chi connectivity index (χ3n) is 4.01. The van der Waals surface area contributed by atoms with Gasteiger partial charge in [0.15, 0.2) is 0 Å². The molecule has 0 spiro atoms. The predicted octanol–water partition coefficient (Wildman–Crippen LogP) is 3.09. The van der Waals surface area contributed by atoms with E-state index in [1.54, 1.807) is 0 Å². The molecule has 0 bridgehead atoms. The van der Waals surface area contributed by atoms with Crippen LogP contribution in [-0.4, -0.2) is 24.0 Å². The molecule has 0 saturated heterocycles. The Labute approximate surface area is 116 Å². The van der Waals surface area contributed by atoms with E-state index in [1.807, 2.05) is 0 Å². The molecule has 19 heavy (non-hydrogen) atoms. The summed E-state index contributed by atoms with van der Waals surface area (Å²) in [5.74, 6) is 0. The van der Waals surface area contributed by atoms with Crippen molar-refractivity contribution in [2.45, 2.75) is 45.3 Å². The van der Waals surface area contributed by atoms with Crippen LogP contribution >= 0.6 is 0 Å². The maximum atomic E-state index is 3.56. The van der Waals surface area contributed by atoms with Crippen LogP contribution in [0.5, 0.6) is 0 Å². The lowest BCUT2D eigenvalue weighted by molar-refractivity contribution is 0.282. The van der Waals surface area contributed by atoms with E-state index in [0.29, 0.717) is 0 Å². The van der Waals surface area contributed by atoms with Crippen LogP contribution in [0.1, 0.15) is 37.3 Å². The Morgan fingerprint density at radius 2 is 1.89 bits per heavy atom. The van der Waals surface area contributed by atoms with E-state index in [4.69, 9.17) is 0 Å². The lowest BCUT2D eigenvalue weighted by atomic mass is 10.1. The van der Waals surface area contributed by atoms with Crippen molar-refractivity contribution >= 4 is 0 Å². The summed E-state index contributed by atoms with van der Waals surface area (Å²) in [7, 11) is 0. The Hall–Kier alpha value is -1.12. The summed E-state index contributed by atoms with van der Waals surface area (Å²) < 4.78 is 0. The molecule has 0 radical (unpaired) electrons. The molecule has 2 nitrogen and oxygen atoms in total. The number of rotatable bonds is 5. The minimum atomic E-state index is 0.794. The molecular weight excluding hydrogens is 232 g/mol. The van der Waals surface area contributed by atoms with E-state index >= 15 is 0 Å². The van der Waals surface area contributed by atoms with E-state index in [9.17, 15) is 0 Å². The highest BCUT2D eigenvalue weighted by Crippen LogP contribution is 2.19. The molecule has 3 rings (SSSR count). The fraction of sp³-hybridized carbons (Fsp3) is 0.529. The van der Waals surface area contributed by atoms with Gasteiger partial charge in [-0.25, -0.2) is 0 Å². The van der Waals surface area contributed by atoms with E-state index < -0.39 is 0 Å². The SMILES string of the molecule is CC1=CCCN(Cc2ccc(CNC3CC3)cc2)C1. The minimum Gasteiger partial charge on any atom is -0.310 e. The van der Waals surface area contributed by atoms with Gasteiger partial charge in [0, 0.05) is 32.2 Å². The first-order valence-corrected chi connectivity index (χ1v) is 7.49. The third-order valence-corrected chi connectivity index (χ3v) is 4.01. The van der Waals surface area contributed by atoms with Crippen LogP contribution in [0.2, 0.25) is 0 Å². The summed E-state index contributed by atoms with van der Waals surface area (Å²) >= 11 is 0. The zero-order valence-electron chi connectivity index (χ0n) is 11.9. The molecule has 1 saturated carbocycles. The molecule has 102 valence electrons. The third kappa shape index (κ3) is 3.92. The fourth-order valence-corrected chi connectivity index (χ4v) is 2.70. The molecule has 1 heterocycles. The first kappa shape index (κ1) is 12.9. The van der Waals surface area contributed by atoms with Crippen molar-refractivity contribution in [3.8, 4) is 0 Å². The predicted molar refractivity (Wildman–Crippen MR) is 80.0 cm³/mol. The molecule has 0 amide bonds. The van der Waals surface area contributed by atoms with Crippen molar-refractivity contribution in [3.05, 3.63) is 47.0 Å². The van der Waals surface area contributed by atoms with Gasteiger partial charge in [0.1, 0.15) is 0 Å². The molecular formula is C17H24N2. The van der Waals surface area contributed by atoms with Gasteiger partial charge in [-0.15, -0.1) is 0 Å². The summed E-state index contributed by atoms with van der Waals surface area (Å²) in [5.41, 5.74) is 4.35. The maximum absolute atomic E-state index is 3.56. The molecule has 1 fully saturated rings. The second kappa shape index (κ2) is 5.89. The van der Waals surface area contributed by atoms with Crippen LogP contribution in [-0.2, 0) is 13.1 Å². The van der Waals surface area contributed by atoms with E-state index in [0.717, 1.165) is 25.7 Å². The summed E-state index contributed by atoms with van der Waals surface area (Å²) in [6.07, 6.45) is 6.29. The second-order valence-corrected chi connectivity index (χ2v) is 6.02. The van der Waals surface area contributed by atoms with Crippen molar-refractivity contribution in [3.63, 3.8) is 0 Å². The maximum Gasteiger partial charge on any atom is 0.0237 e. The molecule has 1 aromatic rings. The van der Waals surface area contributed by atoms with Gasteiger partial charge >= 0.3 is 0 Å². The van der Waals surface area contributed by atoms with E-state index in [1.165, 1.54) is 42.5 Å². The lowest BCUT2D eigenvalue weighted by Crippen LogP contribution is -2.28. The van der Waals surface area contributed by atoms with Crippen LogP contribution in [0.3, 0.4) is 0 Å². The average Bonchev–Trinajstić information content (AvgIpc) is 3.22. The molecule has 0 atom stereocenters. The van der Waals surface area contributed by atoms with Crippen LogP contribution < -0.4 is 5.32 Å². The molecule has 2 heteroatoms. The number of nitrogens with zero attached hydrogens (tertiary/aromatic N) is 1. The van der Waals surface area contributed by atoms with Crippen LogP contribution in [0, 0.1) is 0 Å². The van der Waals surface area contributed by atoms with Gasteiger partial charge in [-0.1, -0.05) is 35.9 Å². The van der Waals surface area contributed by atoms with Crippen LogP contribution in [0.25, 0.3) is 0 Å². The first-order chi connectivity index (χ1) is 9.29. The largest absolute Gasteiger partial charge is 0.310 e. The number of hydrogen-bond donors (Lipinski definition) is 1. The van der Waals surface area contributed by atoms with Crippen LogP contribution in [0.15, 0.2) is 35.9 Å². The highest BCUT2D eigenvalue weighted by molar-refractivity contribution is 5.23. The number of benzene rings is 1. The van der Waals surface area contributed by atoms with E-state index in [2.05, 4.69) is 47.5 Å². The summed E-state index contributed by atoms with van der Waals surface area (Å²) in [6, 6.07) is 9.92. The quantitative estimate of drug-likeness (QED) is 0.814. The Balaban J connectivity index is 1.51. The van der Waals surface area contributed by atoms with Gasteiger partial charge in [-0.3, -0.25) is 4.90 Å². The van der Waals surface area contributed by atoms with Crippen molar-refractivity contribution in [2.75, 3.05) is 13.1 Å². The lowest BCUT2D eigenvalue weighted by Gasteiger charge is -2.26. The van der Waals surface area contributed by atoms with Gasteiger partial charge in [0.2, 0.25) is 0 Å². The second-order valence-electron chi connectivity index (χ2n) is 6.02. The van der Waals surface area contributed by atoms with Gasteiger partial charge in [-0.2, -0.15) is 0 Å². The van der Waals surface area contributed by atoms with Crippen molar-refractivity contribution in [1.29, 1.82) is 0 Å². The van der Waals surface area contributed by atoms with E-state index in [-0.39, 0.29) is 0 Å². The van der Waals surface area contributed by atoms with Crippen molar-refractivity contribution in [1.82, 2.24) is 10.2 Å². The van der Waals surface area contributed by atoms with Gasteiger partial charge in [-0.05, 0) is 37.3 Å². The van der Waals surface area contributed by atoms with Crippen LogP contribution in [0.4, 0.5) is 0 Å². The highest BCUT2D eigenvalue weighted by Gasteiger charge is 2.19. The Bertz CT molecular complexity index is 443. The molecule has 0 aromatic heterocycles. The van der Waals surface area contributed by atoms with Crippen molar-refractivity contribution in [2.24, 2.45) is 0 Å². The zero-order chi connectivity index (χ0) is 13.1. The first-order valence-electron chi connectivity index (χ1n) is 7.49. The minimum absolute atomic E-state index is 0.794. The normalized spacial score (nSPS) is 20.4. The number of nitrogens with one attached hydrogen (secondary N) is 1. The Morgan fingerprint density at radius 1 is 1.16 bits per heavy atom. The summed E-state index contributed by atoms with van der Waals surface area (Å²) in [6.45, 7) is 6.67. The molecule has 1 aliphatic heterocycles. The standard InChI is InChI=1S/C17H24N2/c1-14-3-2-10-19(12-14)13-16-6-4-15(5-7-16)11-18-17-8-9-17/h3-7,17-18H,2,8-13H2,1H3. The van der Waals surface area contributed by atoms with Gasteiger partial charge < -0.3 is 5.32 Å². The average molecular weight is 256 g/mol. The Morgan fingerprint density at radius 3 is 2.58 bits per heavy atom.